The van der Waals surface area contributed by atoms with E-state index in [9.17, 15) is 8.78 Å². The second-order valence-corrected chi connectivity index (χ2v) is 8.84. The molecule has 1 unspecified atom stereocenters. The Morgan fingerprint density at radius 1 is 1.06 bits per heavy atom. The van der Waals surface area contributed by atoms with E-state index in [0.29, 0.717) is 17.0 Å². The van der Waals surface area contributed by atoms with Gasteiger partial charge in [0.25, 0.3) is 0 Å². The van der Waals surface area contributed by atoms with Crippen LogP contribution in [-0.2, 0) is 4.74 Å². The summed E-state index contributed by atoms with van der Waals surface area (Å²) in [6.07, 6.45) is 10.2. The monoisotopic (exact) mass is 465 g/mol. The van der Waals surface area contributed by atoms with E-state index in [0.717, 1.165) is 56.3 Å². The Morgan fingerprint density at radius 2 is 1.97 bits per heavy atom. The van der Waals surface area contributed by atoms with Crippen molar-refractivity contribution in [2.75, 3.05) is 36.5 Å². The largest absolute Gasteiger partial charge is 0.380 e. The van der Waals surface area contributed by atoms with Gasteiger partial charge in [-0.15, -0.1) is 0 Å². The Morgan fingerprint density at radius 3 is 2.82 bits per heavy atom. The molecule has 5 heterocycles. The highest BCUT2D eigenvalue weighted by Gasteiger charge is 2.30. The van der Waals surface area contributed by atoms with Crippen LogP contribution in [0.25, 0.3) is 11.3 Å². The Balaban J connectivity index is 1.32. The van der Waals surface area contributed by atoms with Crippen molar-refractivity contribution in [3.63, 3.8) is 0 Å². The molecule has 2 saturated heterocycles. The van der Waals surface area contributed by atoms with Gasteiger partial charge in [-0.25, -0.2) is 23.0 Å². The molecule has 0 aliphatic carbocycles. The van der Waals surface area contributed by atoms with Gasteiger partial charge in [0.1, 0.15) is 23.1 Å². The maximum absolute atomic E-state index is 14.5. The van der Waals surface area contributed by atoms with Crippen molar-refractivity contribution in [1.29, 1.82) is 0 Å². The zero-order valence-corrected chi connectivity index (χ0v) is 18.8. The van der Waals surface area contributed by atoms with Crippen LogP contribution in [0, 0.1) is 11.6 Å². The smallest absolute Gasteiger partial charge is 0.183 e. The Kier molecular flexibility index (Phi) is 5.17. The summed E-state index contributed by atoms with van der Waals surface area (Å²) in [5.74, 6) is -0.129. The number of benzene rings is 1. The van der Waals surface area contributed by atoms with Crippen LogP contribution in [0.5, 0.6) is 0 Å². The normalized spacial score (nSPS) is 20.7. The van der Waals surface area contributed by atoms with Gasteiger partial charge < -0.3 is 14.5 Å². The predicted molar refractivity (Wildman–Crippen MR) is 123 cm³/mol. The van der Waals surface area contributed by atoms with Gasteiger partial charge in [-0.2, -0.15) is 10.2 Å². The average molecular weight is 466 g/mol. The molecule has 3 aromatic heterocycles. The van der Waals surface area contributed by atoms with Crippen molar-refractivity contribution in [1.82, 2.24) is 24.4 Å². The molecular weight excluding hydrogens is 440 g/mol. The van der Waals surface area contributed by atoms with E-state index in [2.05, 4.69) is 15.1 Å². The van der Waals surface area contributed by atoms with Crippen LogP contribution < -0.4 is 9.80 Å². The lowest BCUT2D eigenvalue weighted by molar-refractivity contribution is 0.121. The summed E-state index contributed by atoms with van der Waals surface area (Å²) in [6, 6.07) is 5.23. The average Bonchev–Trinajstić information content (AvgIpc) is 3.65. The molecular formula is C24H25F2N7O. The number of hydrogen-bond acceptors (Lipinski definition) is 6. The molecule has 0 bridgehead atoms. The van der Waals surface area contributed by atoms with Crippen molar-refractivity contribution in [2.24, 2.45) is 0 Å². The second-order valence-electron chi connectivity index (χ2n) is 8.84. The maximum Gasteiger partial charge on any atom is 0.183 e. The van der Waals surface area contributed by atoms with E-state index in [4.69, 9.17) is 9.72 Å². The summed E-state index contributed by atoms with van der Waals surface area (Å²) in [5.41, 5.74) is 2.79. The summed E-state index contributed by atoms with van der Waals surface area (Å²) in [7, 11) is 1.74. The highest BCUT2D eigenvalue weighted by Crippen LogP contribution is 2.37. The zero-order valence-electron chi connectivity index (χ0n) is 18.8. The zero-order chi connectivity index (χ0) is 23.2. The minimum absolute atomic E-state index is 0.237. The summed E-state index contributed by atoms with van der Waals surface area (Å²) >= 11 is 0. The number of nitrogens with zero attached hydrogens (tertiary/aromatic N) is 7. The van der Waals surface area contributed by atoms with E-state index < -0.39 is 11.6 Å². The van der Waals surface area contributed by atoms with Crippen molar-refractivity contribution in [2.45, 2.75) is 31.4 Å². The van der Waals surface area contributed by atoms with Gasteiger partial charge in [0.05, 0.1) is 36.4 Å². The molecule has 0 spiro atoms. The third-order valence-corrected chi connectivity index (χ3v) is 6.86. The fraction of sp³-hybridized carbons (Fsp3) is 0.375. The number of methoxy groups -OCH3 is 1. The predicted octanol–water partition coefficient (Wildman–Crippen LogP) is 3.76. The molecule has 2 fully saturated rings. The summed E-state index contributed by atoms with van der Waals surface area (Å²) in [6.45, 7) is 2.48. The van der Waals surface area contributed by atoms with E-state index in [1.54, 1.807) is 22.5 Å². The molecule has 8 nitrogen and oxygen atoms in total. The first-order valence-electron chi connectivity index (χ1n) is 11.5. The van der Waals surface area contributed by atoms with Crippen molar-refractivity contribution >= 4 is 17.2 Å². The van der Waals surface area contributed by atoms with E-state index in [-0.39, 0.29) is 12.1 Å². The van der Waals surface area contributed by atoms with E-state index in [1.165, 1.54) is 12.1 Å². The highest BCUT2D eigenvalue weighted by atomic mass is 19.1. The van der Waals surface area contributed by atoms with Crippen LogP contribution in [0.3, 0.4) is 0 Å². The first kappa shape index (κ1) is 21.0. The lowest BCUT2D eigenvalue weighted by Crippen LogP contribution is -2.24. The standard InChI is InChI=1S/C24H25F2N7O/c1-34-18-6-9-30(15-18)17-12-27-33(14-17)22-13-28-32-10-7-23(29-24(22)32)31-8-2-3-21(31)19-11-16(25)4-5-20(19)26/h4-5,7,10-14,18,21H,2-3,6,8-9,15H2,1H3/t18?,21-/m1/s1. The minimum atomic E-state index is -0.436. The van der Waals surface area contributed by atoms with Crippen LogP contribution in [0.4, 0.5) is 20.3 Å². The van der Waals surface area contributed by atoms with Crippen molar-refractivity contribution in [3.8, 4) is 5.69 Å². The lowest BCUT2D eigenvalue weighted by atomic mass is 10.0. The number of anilines is 2. The fourth-order valence-electron chi connectivity index (χ4n) is 5.07. The Labute approximate surface area is 195 Å². The molecule has 6 rings (SSSR count). The Hall–Kier alpha value is -3.53. The van der Waals surface area contributed by atoms with Gasteiger partial charge >= 0.3 is 0 Å². The molecule has 0 radical (unpaired) electrons. The SMILES string of the molecule is COC1CCN(c2cnn(-c3cnn4ccc(N5CCC[C@@H]5c5cc(F)ccc5F)nc34)c2)C1. The van der Waals surface area contributed by atoms with Gasteiger partial charge in [-0.1, -0.05) is 0 Å². The van der Waals surface area contributed by atoms with Gasteiger partial charge in [0.2, 0.25) is 0 Å². The number of fused-ring (bicyclic) bond motifs is 1. The van der Waals surface area contributed by atoms with Gasteiger partial charge in [0, 0.05) is 38.5 Å². The van der Waals surface area contributed by atoms with Gasteiger partial charge in [-0.3, -0.25) is 0 Å². The molecule has 10 heteroatoms. The molecule has 4 aromatic rings. The number of hydrogen-bond donors (Lipinski definition) is 0. The summed E-state index contributed by atoms with van der Waals surface area (Å²) in [4.78, 5) is 9.16. The first-order chi connectivity index (χ1) is 16.6. The number of aromatic nitrogens is 5. The van der Waals surface area contributed by atoms with Crippen molar-refractivity contribution in [3.05, 3.63) is 66.3 Å². The van der Waals surface area contributed by atoms with Crippen molar-refractivity contribution < 1.29 is 13.5 Å². The van der Waals surface area contributed by atoms with E-state index >= 15 is 0 Å². The molecule has 2 aliphatic rings. The number of rotatable bonds is 5. The molecule has 34 heavy (non-hydrogen) atoms. The fourth-order valence-corrected chi connectivity index (χ4v) is 5.07. The van der Waals surface area contributed by atoms with Crippen LogP contribution in [0.2, 0.25) is 0 Å². The molecule has 2 atom stereocenters. The molecule has 0 N–H and O–H groups in total. The quantitative estimate of drug-likeness (QED) is 0.447. The van der Waals surface area contributed by atoms with Gasteiger partial charge in [0.15, 0.2) is 5.65 Å². The van der Waals surface area contributed by atoms with E-state index in [1.807, 2.05) is 29.6 Å². The van der Waals surface area contributed by atoms with Crippen LogP contribution in [-0.4, -0.2) is 57.2 Å². The van der Waals surface area contributed by atoms with Gasteiger partial charge in [-0.05, 0) is 43.5 Å². The maximum atomic E-state index is 14.5. The molecule has 0 saturated carbocycles. The van der Waals surface area contributed by atoms with Crippen LogP contribution >= 0.6 is 0 Å². The minimum Gasteiger partial charge on any atom is -0.380 e. The highest BCUT2D eigenvalue weighted by molar-refractivity contribution is 5.62. The number of ether oxygens (including phenoxy) is 1. The molecule has 176 valence electrons. The third-order valence-electron chi connectivity index (χ3n) is 6.86. The topological polar surface area (TPSA) is 63.7 Å². The first-order valence-corrected chi connectivity index (χ1v) is 11.5. The third kappa shape index (κ3) is 3.58. The number of halogens is 2. The summed E-state index contributed by atoms with van der Waals surface area (Å²) < 4.78 is 37.3. The van der Waals surface area contributed by atoms with Crippen LogP contribution in [0.1, 0.15) is 30.9 Å². The van der Waals surface area contributed by atoms with Crippen LogP contribution in [0.15, 0.2) is 49.1 Å². The summed E-state index contributed by atoms with van der Waals surface area (Å²) in [5, 5.41) is 8.98. The Bertz CT molecular complexity index is 1340. The molecule has 1 aromatic carbocycles. The molecule has 0 amide bonds. The lowest BCUT2D eigenvalue weighted by Gasteiger charge is -2.26. The second kappa shape index (κ2) is 8.35. The molecule has 2 aliphatic heterocycles.